The fourth-order valence-corrected chi connectivity index (χ4v) is 2.00. The van der Waals surface area contributed by atoms with E-state index in [1.807, 2.05) is 6.92 Å². The maximum Gasteiger partial charge on any atom is 0.207 e. The first kappa shape index (κ1) is 9.96. The molecule has 0 radical (unpaired) electrons. The van der Waals surface area contributed by atoms with Crippen molar-refractivity contribution in [1.82, 2.24) is 5.32 Å². The molecule has 0 spiro atoms. The summed E-state index contributed by atoms with van der Waals surface area (Å²) in [7, 11) is 0. The average molecular weight is 208 g/mol. The molecule has 1 aromatic rings. The van der Waals surface area contributed by atoms with Crippen LogP contribution in [0.2, 0.25) is 0 Å². The van der Waals surface area contributed by atoms with E-state index in [0.29, 0.717) is 6.41 Å². The third-order valence-corrected chi connectivity index (χ3v) is 2.65. The van der Waals surface area contributed by atoms with Crippen LogP contribution in [0.5, 0.6) is 0 Å². The predicted molar refractivity (Wildman–Crippen MR) is 56.0 cm³/mol. The van der Waals surface area contributed by atoms with E-state index in [9.17, 15) is 9.18 Å². The molecular formula is C11H13FN2O. The number of nitrogens with one attached hydrogen (secondary N) is 2. The lowest BCUT2D eigenvalue weighted by Gasteiger charge is -2.30. The monoisotopic (exact) mass is 208 g/mol. The van der Waals surface area contributed by atoms with Crippen LogP contribution in [0, 0.1) is 5.82 Å². The number of anilines is 1. The highest BCUT2D eigenvalue weighted by Gasteiger charge is 2.23. The van der Waals surface area contributed by atoms with Gasteiger partial charge in [-0.1, -0.05) is 0 Å². The average Bonchev–Trinajstić information content (AvgIpc) is 2.19. The van der Waals surface area contributed by atoms with Gasteiger partial charge in [0.15, 0.2) is 0 Å². The number of hydrogen-bond acceptors (Lipinski definition) is 2. The Kier molecular flexibility index (Phi) is 2.58. The van der Waals surface area contributed by atoms with E-state index >= 15 is 0 Å². The standard InChI is InChI=1S/C11H13FN2O/c1-7-4-11(13-6-15)9-5-8(12)2-3-10(9)14-7/h2-3,5-7,11,14H,4H2,1H3,(H,13,15)/t7-,11+/m0/s1. The molecule has 0 bridgehead atoms. The lowest BCUT2D eigenvalue weighted by molar-refractivity contribution is -0.110. The molecule has 80 valence electrons. The molecular weight excluding hydrogens is 195 g/mol. The van der Waals surface area contributed by atoms with Crippen molar-refractivity contribution in [3.05, 3.63) is 29.6 Å². The van der Waals surface area contributed by atoms with E-state index in [0.717, 1.165) is 17.7 Å². The van der Waals surface area contributed by atoms with Gasteiger partial charge in [0, 0.05) is 17.3 Å². The zero-order chi connectivity index (χ0) is 10.8. The molecule has 0 saturated carbocycles. The van der Waals surface area contributed by atoms with E-state index in [4.69, 9.17) is 0 Å². The van der Waals surface area contributed by atoms with Crippen molar-refractivity contribution in [1.29, 1.82) is 0 Å². The fourth-order valence-electron chi connectivity index (χ4n) is 2.00. The molecule has 1 heterocycles. The van der Waals surface area contributed by atoms with Crippen LogP contribution in [-0.2, 0) is 4.79 Å². The number of benzene rings is 1. The first-order valence-electron chi connectivity index (χ1n) is 4.96. The molecule has 0 unspecified atom stereocenters. The topological polar surface area (TPSA) is 41.1 Å². The molecule has 0 fully saturated rings. The van der Waals surface area contributed by atoms with Crippen molar-refractivity contribution < 1.29 is 9.18 Å². The SMILES string of the molecule is C[C@H]1C[C@@H](NC=O)c2cc(F)ccc2N1. The molecule has 2 rings (SSSR count). The normalized spacial score (nSPS) is 23.9. The summed E-state index contributed by atoms with van der Waals surface area (Å²) in [6, 6.07) is 4.78. The van der Waals surface area contributed by atoms with Gasteiger partial charge >= 0.3 is 0 Å². The molecule has 2 N–H and O–H groups in total. The molecule has 0 saturated heterocycles. The van der Waals surface area contributed by atoms with Gasteiger partial charge in [-0.25, -0.2) is 4.39 Å². The second-order valence-corrected chi connectivity index (χ2v) is 3.85. The Morgan fingerprint density at radius 3 is 3.13 bits per heavy atom. The minimum absolute atomic E-state index is 0.0931. The Morgan fingerprint density at radius 1 is 1.60 bits per heavy atom. The molecule has 2 atom stereocenters. The van der Waals surface area contributed by atoms with Crippen molar-refractivity contribution in [3.8, 4) is 0 Å². The summed E-state index contributed by atoms with van der Waals surface area (Å²) in [5, 5.41) is 5.96. The van der Waals surface area contributed by atoms with Crippen LogP contribution in [-0.4, -0.2) is 12.5 Å². The third kappa shape index (κ3) is 1.93. The van der Waals surface area contributed by atoms with E-state index in [1.54, 1.807) is 6.07 Å². The largest absolute Gasteiger partial charge is 0.382 e. The van der Waals surface area contributed by atoms with Crippen molar-refractivity contribution >= 4 is 12.1 Å². The van der Waals surface area contributed by atoms with Gasteiger partial charge < -0.3 is 10.6 Å². The summed E-state index contributed by atoms with van der Waals surface area (Å²) in [4.78, 5) is 10.4. The van der Waals surface area contributed by atoms with Gasteiger partial charge in [-0.2, -0.15) is 0 Å². The number of hydrogen-bond donors (Lipinski definition) is 2. The van der Waals surface area contributed by atoms with Crippen LogP contribution in [0.4, 0.5) is 10.1 Å². The minimum atomic E-state index is -0.275. The van der Waals surface area contributed by atoms with Gasteiger partial charge in [0.05, 0.1) is 6.04 Å². The molecule has 3 nitrogen and oxygen atoms in total. The van der Waals surface area contributed by atoms with Crippen LogP contribution < -0.4 is 10.6 Å². The number of rotatable bonds is 2. The van der Waals surface area contributed by atoms with Gasteiger partial charge in [-0.15, -0.1) is 0 Å². The summed E-state index contributed by atoms with van der Waals surface area (Å²) in [5.41, 5.74) is 1.72. The summed E-state index contributed by atoms with van der Waals surface area (Å²) in [6.07, 6.45) is 1.44. The van der Waals surface area contributed by atoms with E-state index < -0.39 is 0 Å². The number of amides is 1. The van der Waals surface area contributed by atoms with Gasteiger partial charge in [-0.3, -0.25) is 4.79 Å². The van der Waals surface area contributed by atoms with E-state index in [2.05, 4.69) is 10.6 Å². The lowest BCUT2D eigenvalue weighted by Crippen LogP contribution is -2.32. The van der Waals surface area contributed by atoms with Gasteiger partial charge in [0.2, 0.25) is 6.41 Å². The molecule has 1 amide bonds. The van der Waals surface area contributed by atoms with Crippen LogP contribution in [0.15, 0.2) is 18.2 Å². The highest BCUT2D eigenvalue weighted by atomic mass is 19.1. The lowest BCUT2D eigenvalue weighted by atomic mass is 9.94. The highest BCUT2D eigenvalue weighted by molar-refractivity contribution is 5.58. The van der Waals surface area contributed by atoms with Crippen molar-refractivity contribution in [2.24, 2.45) is 0 Å². The Bertz CT molecular complexity index is 381. The van der Waals surface area contributed by atoms with Crippen LogP contribution in [0.25, 0.3) is 0 Å². The summed E-state index contributed by atoms with van der Waals surface area (Å²) >= 11 is 0. The second-order valence-electron chi connectivity index (χ2n) is 3.85. The third-order valence-electron chi connectivity index (χ3n) is 2.65. The van der Waals surface area contributed by atoms with Crippen molar-refractivity contribution in [3.63, 3.8) is 0 Å². The van der Waals surface area contributed by atoms with E-state index in [-0.39, 0.29) is 17.9 Å². The molecule has 1 aromatic carbocycles. The quantitative estimate of drug-likeness (QED) is 0.728. The fraction of sp³-hybridized carbons (Fsp3) is 0.364. The molecule has 0 aliphatic carbocycles. The van der Waals surface area contributed by atoms with Crippen LogP contribution in [0.1, 0.15) is 24.9 Å². The maximum absolute atomic E-state index is 13.1. The number of carbonyl (C=O) groups excluding carboxylic acids is 1. The number of fused-ring (bicyclic) bond motifs is 1. The Labute approximate surface area is 87.7 Å². The van der Waals surface area contributed by atoms with Crippen molar-refractivity contribution in [2.45, 2.75) is 25.4 Å². The van der Waals surface area contributed by atoms with Gasteiger partial charge in [0.25, 0.3) is 0 Å². The highest BCUT2D eigenvalue weighted by Crippen LogP contribution is 2.32. The van der Waals surface area contributed by atoms with Gasteiger partial charge in [-0.05, 0) is 31.5 Å². The zero-order valence-corrected chi connectivity index (χ0v) is 8.46. The summed E-state index contributed by atoms with van der Waals surface area (Å²) < 4.78 is 13.1. The summed E-state index contributed by atoms with van der Waals surface area (Å²) in [6.45, 7) is 2.03. The molecule has 1 aliphatic heterocycles. The molecule has 0 aromatic heterocycles. The smallest absolute Gasteiger partial charge is 0.207 e. The molecule has 1 aliphatic rings. The number of carbonyl (C=O) groups is 1. The molecule has 4 heteroatoms. The minimum Gasteiger partial charge on any atom is -0.382 e. The van der Waals surface area contributed by atoms with Crippen LogP contribution >= 0.6 is 0 Å². The molecule has 15 heavy (non-hydrogen) atoms. The maximum atomic E-state index is 13.1. The second kappa shape index (κ2) is 3.88. The first-order valence-corrected chi connectivity index (χ1v) is 4.96. The Hall–Kier alpha value is -1.58. The van der Waals surface area contributed by atoms with Crippen molar-refractivity contribution in [2.75, 3.05) is 5.32 Å². The predicted octanol–water partition coefficient (Wildman–Crippen LogP) is 1.82. The Morgan fingerprint density at radius 2 is 2.40 bits per heavy atom. The van der Waals surface area contributed by atoms with E-state index in [1.165, 1.54) is 12.1 Å². The number of halogens is 1. The summed E-state index contributed by atoms with van der Waals surface area (Å²) in [5.74, 6) is -0.275. The van der Waals surface area contributed by atoms with Crippen LogP contribution in [0.3, 0.4) is 0 Å². The zero-order valence-electron chi connectivity index (χ0n) is 8.46. The Balaban J connectivity index is 2.38. The first-order chi connectivity index (χ1) is 7.20. The van der Waals surface area contributed by atoms with Gasteiger partial charge in [0.1, 0.15) is 5.82 Å².